The summed E-state index contributed by atoms with van der Waals surface area (Å²) < 4.78 is 0. The SMILES string of the molecule is CCC/C(NOCC)=C1\CCC(CC(C)Sc2ccccc2)CC1=O. The van der Waals surface area contributed by atoms with Crippen LogP contribution in [0.2, 0.25) is 0 Å². The number of hydrogen-bond donors (Lipinski definition) is 1. The fourth-order valence-corrected chi connectivity index (χ4v) is 4.56. The zero-order valence-corrected chi connectivity index (χ0v) is 16.5. The van der Waals surface area contributed by atoms with E-state index in [4.69, 9.17) is 4.84 Å². The molecule has 25 heavy (non-hydrogen) atoms. The summed E-state index contributed by atoms with van der Waals surface area (Å²) in [6.45, 7) is 6.96. The van der Waals surface area contributed by atoms with Gasteiger partial charge in [-0.15, -0.1) is 11.8 Å². The first-order valence-electron chi connectivity index (χ1n) is 9.48. The highest BCUT2D eigenvalue weighted by molar-refractivity contribution is 7.99. The third-order valence-corrected chi connectivity index (χ3v) is 5.70. The molecule has 1 N–H and O–H groups in total. The van der Waals surface area contributed by atoms with Crippen LogP contribution < -0.4 is 5.48 Å². The summed E-state index contributed by atoms with van der Waals surface area (Å²) in [5.74, 6) is 0.807. The summed E-state index contributed by atoms with van der Waals surface area (Å²) >= 11 is 1.91. The Labute approximate surface area is 156 Å². The van der Waals surface area contributed by atoms with Gasteiger partial charge in [-0.1, -0.05) is 38.5 Å². The summed E-state index contributed by atoms with van der Waals surface area (Å²) in [5, 5.41) is 0.530. The van der Waals surface area contributed by atoms with Crippen LogP contribution in [0.15, 0.2) is 46.5 Å². The van der Waals surface area contributed by atoms with Crippen LogP contribution in [-0.4, -0.2) is 17.6 Å². The van der Waals surface area contributed by atoms with E-state index in [0.29, 0.717) is 30.0 Å². The highest BCUT2D eigenvalue weighted by atomic mass is 32.2. The van der Waals surface area contributed by atoms with Crippen LogP contribution in [0.5, 0.6) is 0 Å². The van der Waals surface area contributed by atoms with E-state index in [2.05, 4.69) is 43.6 Å². The summed E-state index contributed by atoms with van der Waals surface area (Å²) in [6.07, 6.45) is 5.65. The van der Waals surface area contributed by atoms with Crippen LogP contribution >= 0.6 is 11.8 Å². The van der Waals surface area contributed by atoms with E-state index in [1.54, 1.807) is 0 Å². The molecule has 0 aromatic heterocycles. The summed E-state index contributed by atoms with van der Waals surface area (Å²) in [5.41, 5.74) is 4.98. The van der Waals surface area contributed by atoms with Crippen LogP contribution in [-0.2, 0) is 9.63 Å². The summed E-state index contributed by atoms with van der Waals surface area (Å²) in [6, 6.07) is 10.5. The number of hydroxylamine groups is 1. The van der Waals surface area contributed by atoms with Crippen molar-refractivity contribution >= 4 is 17.5 Å². The molecule has 0 amide bonds. The van der Waals surface area contributed by atoms with E-state index in [1.807, 2.05) is 24.8 Å². The molecule has 1 aromatic rings. The van der Waals surface area contributed by atoms with Crippen molar-refractivity contribution in [3.63, 3.8) is 0 Å². The largest absolute Gasteiger partial charge is 0.294 e. The second-order valence-corrected chi connectivity index (χ2v) is 8.26. The highest BCUT2D eigenvalue weighted by Gasteiger charge is 2.27. The van der Waals surface area contributed by atoms with E-state index >= 15 is 0 Å². The Morgan fingerprint density at radius 3 is 2.72 bits per heavy atom. The number of hydrogen-bond acceptors (Lipinski definition) is 4. The van der Waals surface area contributed by atoms with Gasteiger partial charge in [0.05, 0.1) is 6.61 Å². The second kappa shape index (κ2) is 10.7. The predicted molar refractivity (Wildman–Crippen MR) is 105 cm³/mol. The quantitative estimate of drug-likeness (QED) is 0.357. The third kappa shape index (κ3) is 6.52. The molecule has 1 saturated carbocycles. The maximum Gasteiger partial charge on any atom is 0.160 e. The Bertz CT molecular complexity index is 571. The maximum absolute atomic E-state index is 12.7. The van der Waals surface area contributed by atoms with Gasteiger partial charge in [0.15, 0.2) is 5.78 Å². The van der Waals surface area contributed by atoms with Gasteiger partial charge in [0.1, 0.15) is 0 Å². The van der Waals surface area contributed by atoms with Crippen LogP contribution in [0.25, 0.3) is 0 Å². The molecule has 3 nitrogen and oxygen atoms in total. The molecule has 0 spiro atoms. The van der Waals surface area contributed by atoms with Crippen molar-refractivity contribution in [2.45, 2.75) is 69.4 Å². The van der Waals surface area contributed by atoms with Crippen molar-refractivity contribution in [2.75, 3.05) is 6.61 Å². The van der Waals surface area contributed by atoms with E-state index in [-0.39, 0.29) is 0 Å². The molecule has 0 bridgehead atoms. The Balaban J connectivity index is 1.90. The monoisotopic (exact) mass is 361 g/mol. The summed E-state index contributed by atoms with van der Waals surface area (Å²) in [7, 11) is 0. The number of carbonyl (C=O) groups excluding carboxylic acids is 1. The first kappa shape index (κ1) is 20.1. The highest BCUT2D eigenvalue weighted by Crippen LogP contribution is 2.35. The number of nitrogens with one attached hydrogen (secondary N) is 1. The molecule has 1 fully saturated rings. The first-order valence-corrected chi connectivity index (χ1v) is 10.4. The van der Waals surface area contributed by atoms with E-state index in [0.717, 1.165) is 43.4 Å². The fraction of sp³-hybridized carbons (Fsp3) is 0.571. The molecule has 2 atom stereocenters. The molecular formula is C21H31NO2S. The minimum atomic E-state index is 0.309. The lowest BCUT2D eigenvalue weighted by Crippen LogP contribution is -2.25. The van der Waals surface area contributed by atoms with Gasteiger partial charge in [-0.2, -0.15) is 0 Å². The Morgan fingerprint density at radius 2 is 2.08 bits per heavy atom. The molecule has 1 aromatic carbocycles. The number of benzene rings is 1. The number of Topliss-reactive ketones (excluding diaryl/α,β-unsaturated/α-hetero) is 1. The lowest BCUT2D eigenvalue weighted by Gasteiger charge is -2.27. The predicted octanol–water partition coefficient (Wildman–Crippen LogP) is 5.52. The molecule has 1 aliphatic carbocycles. The van der Waals surface area contributed by atoms with Crippen LogP contribution in [0, 0.1) is 5.92 Å². The van der Waals surface area contributed by atoms with Crippen molar-refractivity contribution < 1.29 is 9.63 Å². The number of thioether (sulfide) groups is 1. The average Bonchev–Trinajstić information content (AvgIpc) is 2.60. The molecule has 1 aliphatic rings. The maximum atomic E-state index is 12.7. The van der Waals surface area contributed by atoms with Crippen molar-refractivity contribution in [3.8, 4) is 0 Å². The molecule has 138 valence electrons. The molecule has 0 radical (unpaired) electrons. The van der Waals surface area contributed by atoms with Gasteiger partial charge in [-0.25, -0.2) is 0 Å². The fourth-order valence-electron chi connectivity index (χ4n) is 3.42. The van der Waals surface area contributed by atoms with Crippen molar-refractivity contribution in [3.05, 3.63) is 41.6 Å². The number of carbonyl (C=O) groups is 1. The minimum Gasteiger partial charge on any atom is -0.294 e. The molecule has 0 heterocycles. The van der Waals surface area contributed by atoms with Gasteiger partial charge in [-0.05, 0) is 50.7 Å². The Morgan fingerprint density at radius 1 is 1.32 bits per heavy atom. The molecule has 4 heteroatoms. The van der Waals surface area contributed by atoms with E-state index in [1.165, 1.54) is 4.90 Å². The molecular weight excluding hydrogens is 330 g/mol. The lowest BCUT2D eigenvalue weighted by molar-refractivity contribution is -0.117. The molecule has 2 rings (SSSR count). The zero-order valence-electron chi connectivity index (χ0n) is 15.7. The van der Waals surface area contributed by atoms with Crippen LogP contribution in [0.1, 0.15) is 59.3 Å². The Kier molecular flexibility index (Phi) is 8.56. The molecule has 0 aliphatic heterocycles. The van der Waals surface area contributed by atoms with Crippen molar-refractivity contribution in [2.24, 2.45) is 5.92 Å². The van der Waals surface area contributed by atoms with E-state index < -0.39 is 0 Å². The van der Waals surface area contributed by atoms with E-state index in [9.17, 15) is 4.79 Å². The molecule has 0 saturated heterocycles. The minimum absolute atomic E-state index is 0.309. The van der Waals surface area contributed by atoms with Gasteiger partial charge >= 0.3 is 0 Å². The average molecular weight is 362 g/mol. The topological polar surface area (TPSA) is 38.3 Å². The number of rotatable bonds is 9. The van der Waals surface area contributed by atoms with Gasteiger partial charge in [0.25, 0.3) is 0 Å². The first-order chi connectivity index (χ1) is 12.1. The van der Waals surface area contributed by atoms with Gasteiger partial charge in [-0.3, -0.25) is 15.1 Å². The van der Waals surface area contributed by atoms with Crippen molar-refractivity contribution in [1.29, 1.82) is 0 Å². The van der Waals surface area contributed by atoms with Crippen LogP contribution in [0.4, 0.5) is 0 Å². The zero-order chi connectivity index (χ0) is 18.1. The normalized spacial score (nSPS) is 21.1. The summed E-state index contributed by atoms with van der Waals surface area (Å²) in [4.78, 5) is 19.3. The lowest BCUT2D eigenvalue weighted by atomic mass is 9.81. The standard InChI is InChI=1S/C21H31NO2S/c1-4-9-20(22-24-5-2)19-13-12-17(15-21(19)23)14-16(3)25-18-10-7-6-8-11-18/h6-8,10-11,16-17,22H,4-5,9,12-15H2,1-3H3/b20-19-. The second-order valence-electron chi connectivity index (χ2n) is 6.75. The smallest absolute Gasteiger partial charge is 0.160 e. The number of allylic oxidation sites excluding steroid dienone is 2. The number of ketones is 1. The molecule has 2 unspecified atom stereocenters. The Hall–Kier alpha value is -1.26. The van der Waals surface area contributed by atoms with Crippen LogP contribution in [0.3, 0.4) is 0 Å². The van der Waals surface area contributed by atoms with Gasteiger partial charge in [0, 0.05) is 27.8 Å². The van der Waals surface area contributed by atoms with Gasteiger partial charge in [0.2, 0.25) is 0 Å². The third-order valence-electron chi connectivity index (χ3n) is 4.56. The van der Waals surface area contributed by atoms with Crippen molar-refractivity contribution in [1.82, 2.24) is 5.48 Å². The van der Waals surface area contributed by atoms with Gasteiger partial charge < -0.3 is 0 Å².